The SMILES string of the molecule is CCCCN1CN(c2cccc(N3CCN(CCOCC)CC3)c2)c2ccc(C(=O)O)cc21. The van der Waals surface area contributed by atoms with E-state index in [0.29, 0.717) is 5.56 Å². The zero-order valence-corrected chi connectivity index (χ0v) is 19.9. The van der Waals surface area contributed by atoms with E-state index in [1.54, 1.807) is 6.07 Å². The van der Waals surface area contributed by atoms with Gasteiger partial charge in [0.05, 0.1) is 30.2 Å². The van der Waals surface area contributed by atoms with Crippen molar-refractivity contribution in [1.29, 1.82) is 0 Å². The molecule has 1 fully saturated rings. The summed E-state index contributed by atoms with van der Waals surface area (Å²) in [7, 11) is 0. The minimum Gasteiger partial charge on any atom is -0.478 e. The van der Waals surface area contributed by atoms with E-state index in [1.165, 1.54) is 5.69 Å². The van der Waals surface area contributed by atoms with Gasteiger partial charge in [-0.05, 0) is 49.7 Å². The molecule has 2 aliphatic rings. The molecule has 2 aromatic rings. The molecule has 0 saturated carbocycles. The predicted octanol–water partition coefficient (Wildman–Crippen LogP) is 4.26. The van der Waals surface area contributed by atoms with Crippen LogP contribution in [0.3, 0.4) is 0 Å². The zero-order valence-electron chi connectivity index (χ0n) is 19.9. The number of aromatic carboxylic acids is 1. The normalized spacial score (nSPS) is 16.4. The number of hydrogen-bond acceptors (Lipinski definition) is 6. The van der Waals surface area contributed by atoms with Crippen molar-refractivity contribution in [3.05, 3.63) is 48.0 Å². The summed E-state index contributed by atoms with van der Waals surface area (Å²) in [6, 6.07) is 14.2. The van der Waals surface area contributed by atoms with Crippen LogP contribution < -0.4 is 14.7 Å². The standard InChI is InChI=1S/C26H36N4O3/c1-3-5-11-29-20-30(24-10-9-21(26(31)32)18-25(24)29)23-8-6-7-22(19-23)28-14-12-27(13-15-28)16-17-33-4-2/h6-10,18-19H,3-5,11-17,20H2,1-2H3,(H,31,32). The third-order valence-electron chi connectivity index (χ3n) is 6.58. The molecule has 0 spiro atoms. The second-order valence-electron chi connectivity index (χ2n) is 8.74. The van der Waals surface area contributed by atoms with Crippen molar-refractivity contribution in [1.82, 2.24) is 4.90 Å². The van der Waals surface area contributed by atoms with Crippen molar-refractivity contribution in [2.45, 2.75) is 26.7 Å². The van der Waals surface area contributed by atoms with Gasteiger partial charge in [0.25, 0.3) is 0 Å². The van der Waals surface area contributed by atoms with Crippen molar-refractivity contribution in [3.63, 3.8) is 0 Å². The highest BCUT2D eigenvalue weighted by atomic mass is 16.5. The lowest BCUT2D eigenvalue weighted by Crippen LogP contribution is -2.47. The fraction of sp³-hybridized carbons (Fsp3) is 0.500. The van der Waals surface area contributed by atoms with Gasteiger partial charge in [-0.25, -0.2) is 4.79 Å². The van der Waals surface area contributed by atoms with Gasteiger partial charge in [0, 0.05) is 57.3 Å². The molecule has 0 bridgehead atoms. The van der Waals surface area contributed by atoms with Crippen LogP contribution in [0.2, 0.25) is 0 Å². The molecule has 1 saturated heterocycles. The second-order valence-corrected chi connectivity index (χ2v) is 8.74. The largest absolute Gasteiger partial charge is 0.478 e. The number of anilines is 4. The number of rotatable bonds is 10. The van der Waals surface area contributed by atoms with E-state index in [-0.39, 0.29) is 0 Å². The van der Waals surface area contributed by atoms with Crippen molar-refractivity contribution < 1.29 is 14.6 Å². The summed E-state index contributed by atoms with van der Waals surface area (Å²) in [5, 5.41) is 9.47. The molecular formula is C26H36N4O3. The maximum Gasteiger partial charge on any atom is 0.335 e. The smallest absolute Gasteiger partial charge is 0.335 e. The average Bonchev–Trinajstić information content (AvgIpc) is 3.21. The summed E-state index contributed by atoms with van der Waals surface area (Å²) in [6.07, 6.45) is 2.19. The van der Waals surface area contributed by atoms with E-state index >= 15 is 0 Å². The number of carbonyl (C=O) groups is 1. The molecule has 0 amide bonds. The van der Waals surface area contributed by atoms with Gasteiger partial charge in [0.2, 0.25) is 0 Å². The Morgan fingerprint density at radius 2 is 1.76 bits per heavy atom. The Kier molecular flexibility index (Phi) is 7.73. The van der Waals surface area contributed by atoms with E-state index in [1.807, 2.05) is 19.1 Å². The number of carboxylic acids is 1. The first-order chi connectivity index (χ1) is 16.1. The van der Waals surface area contributed by atoms with E-state index in [9.17, 15) is 9.90 Å². The summed E-state index contributed by atoms with van der Waals surface area (Å²) in [4.78, 5) is 21.1. The van der Waals surface area contributed by atoms with Gasteiger partial charge in [0.15, 0.2) is 0 Å². The van der Waals surface area contributed by atoms with Gasteiger partial charge in [-0.15, -0.1) is 0 Å². The number of fused-ring (bicyclic) bond motifs is 1. The second kappa shape index (κ2) is 10.9. The fourth-order valence-electron chi connectivity index (χ4n) is 4.65. The molecule has 7 heteroatoms. The van der Waals surface area contributed by atoms with Gasteiger partial charge in [-0.2, -0.15) is 0 Å². The maximum atomic E-state index is 11.5. The Morgan fingerprint density at radius 3 is 2.48 bits per heavy atom. The maximum absolute atomic E-state index is 11.5. The molecule has 2 heterocycles. The number of benzene rings is 2. The molecule has 2 aliphatic heterocycles. The highest BCUT2D eigenvalue weighted by molar-refractivity contribution is 5.93. The van der Waals surface area contributed by atoms with E-state index < -0.39 is 5.97 Å². The van der Waals surface area contributed by atoms with Crippen LogP contribution in [0.25, 0.3) is 0 Å². The Hall–Kier alpha value is -2.77. The summed E-state index contributed by atoms with van der Waals surface area (Å²) in [5.74, 6) is -0.880. The van der Waals surface area contributed by atoms with E-state index in [0.717, 1.165) is 89.1 Å². The molecule has 0 unspecified atom stereocenters. The molecule has 2 aromatic carbocycles. The van der Waals surface area contributed by atoms with Crippen molar-refractivity contribution in [2.75, 3.05) is 73.9 Å². The Balaban J connectivity index is 1.50. The lowest BCUT2D eigenvalue weighted by atomic mass is 10.1. The lowest BCUT2D eigenvalue weighted by molar-refractivity contribution is 0.0697. The highest BCUT2D eigenvalue weighted by Gasteiger charge is 2.28. The molecule has 7 nitrogen and oxygen atoms in total. The quantitative estimate of drug-likeness (QED) is 0.541. The zero-order chi connectivity index (χ0) is 23.2. The van der Waals surface area contributed by atoms with Gasteiger partial charge in [-0.3, -0.25) is 4.90 Å². The number of piperazine rings is 1. The fourth-order valence-corrected chi connectivity index (χ4v) is 4.65. The topological polar surface area (TPSA) is 59.5 Å². The molecule has 0 aliphatic carbocycles. The van der Waals surface area contributed by atoms with Crippen LogP contribution in [0, 0.1) is 0 Å². The van der Waals surface area contributed by atoms with Gasteiger partial charge >= 0.3 is 5.97 Å². The number of carboxylic acid groups (broad SMARTS) is 1. The average molecular weight is 453 g/mol. The summed E-state index contributed by atoms with van der Waals surface area (Å²) in [5.41, 5.74) is 4.82. The molecule has 33 heavy (non-hydrogen) atoms. The van der Waals surface area contributed by atoms with Crippen LogP contribution in [0.1, 0.15) is 37.0 Å². The van der Waals surface area contributed by atoms with Crippen LogP contribution in [0.15, 0.2) is 42.5 Å². The summed E-state index contributed by atoms with van der Waals surface area (Å²) < 4.78 is 5.51. The van der Waals surface area contributed by atoms with Crippen LogP contribution in [-0.2, 0) is 4.74 Å². The van der Waals surface area contributed by atoms with Crippen LogP contribution in [0.4, 0.5) is 22.7 Å². The molecular weight excluding hydrogens is 416 g/mol. The first-order valence-corrected chi connectivity index (χ1v) is 12.2. The first-order valence-electron chi connectivity index (χ1n) is 12.2. The number of hydrogen-bond donors (Lipinski definition) is 1. The summed E-state index contributed by atoms with van der Waals surface area (Å²) >= 11 is 0. The minimum absolute atomic E-state index is 0.341. The monoisotopic (exact) mass is 452 g/mol. The van der Waals surface area contributed by atoms with Gasteiger partial charge in [-0.1, -0.05) is 19.4 Å². The molecule has 0 radical (unpaired) electrons. The Labute approximate surface area is 197 Å². The Bertz CT molecular complexity index is 943. The van der Waals surface area contributed by atoms with Crippen LogP contribution >= 0.6 is 0 Å². The summed E-state index contributed by atoms with van der Waals surface area (Å²) in [6.45, 7) is 12.6. The number of ether oxygens (including phenoxy) is 1. The molecule has 178 valence electrons. The first kappa shape index (κ1) is 23.4. The molecule has 0 aromatic heterocycles. The molecule has 0 atom stereocenters. The molecule has 1 N–H and O–H groups in total. The molecule has 4 rings (SSSR count). The lowest BCUT2D eigenvalue weighted by Gasteiger charge is -2.36. The van der Waals surface area contributed by atoms with E-state index in [2.05, 4.69) is 50.8 Å². The van der Waals surface area contributed by atoms with Gasteiger partial charge in [0.1, 0.15) is 0 Å². The Morgan fingerprint density at radius 1 is 0.970 bits per heavy atom. The number of nitrogens with zero attached hydrogens (tertiary/aromatic N) is 4. The predicted molar refractivity (Wildman–Crippen MR) is 134 cm³/mol. The van der Waals surface area contributed by atoms with E-state index in [4.69, 9.17) is 4.74 Å². The van der Waals surface area contributed by atoms with Gasteiger partial charge < -0.3 is 24.5 Å². The van der Waals surface area contributed by atoms with Crippen LogP contribution in [0.5, 0.6) is 0 Å². The minimum atomic E-state index is -0.880. The highest BCUT2D eigenvalue weighted by Crippen LogP contribution is 2.42. The van der Waals surface area contributed by atoms with Crippen molar-refractivity contribution in [2.24, 2.45) is 0 Å². The van der Waals surface area contributed by atoms with Crippen molar-refractivity contribution >= 4 is 28.7 Å². The van der Waals surface area contributed by atoms with Crippen molar-refractivity contribution in [3.8, 4) is 0 Å². The third kappa shape index (κ3) is 5.42. The van der Waals surface area contributed by atoms with Crippen LogP contribution in [-0.4, -0.2) is 75.1 Å². The number of unbranched alkanes of at least 4 members (excludes halogenated alkanes) is 1. The third-order valence-corrected chi connectivity index (χ3v) is 6.58.